The van der Waals surface area contributed by atoms with E-state index in [2.05, 4.69) is 29.1 Å². The Balaban J connectivity index is 2.29. The molecule has 2 rings (SSSR count). The summed E-state index contributed by atoms with van der Waals surface area (Å²) in [5, 5.41) is 3.21. The molecule has 100 valence electrons. The van der Waals surface area contributed by atoms with E-state index in [-0.39, 0.29) is 5.82 Å². The lowest BCUT2D eigenvalue weighted by Crippen LogP contribution is -2.59. The normalized spacial score (nSPS) is 25.4. The zero-order chi connectivity index (χ0) is 13.1. The summed E-state index contributed by atoms with van der Waals surface area (Å²) in [6.45, 7) is 4.95. The van der Waals surface area contributed by atoms with Crippen molar-refractivity contribution >= 4 is 5.69 Å². The average Bonchev–Trinajstić information content (AvgIpc) is 2.31. The number of likely N-dealkylation sites (N-methyl/N-ethyl adjacent to an activating group) is 2. The van der Waals surface area contributed by atoms with Crippen LogP contribution in [0.4, 0.5) is 10.1 Å². The average molecular weight is 251 g/mol. The predicted octanol–water partition coefficient (Wildman–Crippen LogP) is 1.55. The van der Waals surface area contributed by atoms with Crippen LogP contribution in [-0.2, 0) is 0 Å². The second-order valence-corrected chi connectivity index (χ2v) is 5.14. The molecule has 0 radical (unpaired) electrons. The SMILES string of the molecule is CNCC1CN(C)CC(C)N1c1ccccc1F. The van der Waals surface area contributed by atoms with Gasteiger partial charge < -0.3 is 15.1 Å². The lowest BCUT2D eigenvalue weighted by atomic mass is 10.1. The number of nitrogens with zero attached hydrogens (tertiary/aromatic N) is 2. The molecule has 1 aliphatic rings. The second kappa shape index (κ2) is 5.67. The van der Waals surface area contributed by atoms with E-state index in [9.17, 15) is 4.39 Å². The van der Waals surface area contributed by atoms with E-state index in [0.29, 0.717) is 12.1 Å². The molecule has 0 bridgehead atoms. The first-order valence-electron chi connectivity index (χ1n) is 6.49. The summed E-state index contributed by atoms with van der Waals surface area (Å²) in [6.07, 6.45) is 0. The summed E-state index contributed by atoms with van der Waals surface area (Å²) in [6, 6.07) is 7.68. The molecule has 1 aromatic carbocycles. The number of para-hydroxylation sites is 1. The van der Waals surface area contributed by atoms with Crippen molar-refractivity contribution in [2.75, 3.05) is 38.6 Å². The molecule has 0 saturated carbocycles. The monoisotopic (exact) mass is 251 g/mol. The van der Waals surface area contributed by atoms with Crippen LogP contribution in [0.5, 0.6) is 0 Å². The molecule has 3 nitrogen and oxygen atoms in total. The Morgan fingerprint density at radius 2 is 2.06 bits per heavy atom. The quantitative estimate of drug-likeness (QED) is 0.879. The van der Waals surface area contributed by atoms with Crippen molar-refractivity contribution in [2.24, 2.45) is 0 Å². The highest BCUT2D eigenvalue weighted by Crippen LogP contribution is 2.26. The maximum Gasteiger partial charge on any atom is 0.146 e. The molecular weight excluding hydrogens is 229 g/mol. The Bertz CT molecular complexity index is 396. The summed E-state index contributed by atoms with van der Waals surface area (Å²) in [5.41, 5.74) is 0.721. The summed E-state index contributed by atoms with van der Waals surface area (Å²) in [4.78, 5) is 4.52. The van der Waals surface area contributed by atoms with Crippen molar-refractivity contribution < 1.29 is 4.39 Å². The third-order valence-corrected chi connectivity index (χ3v) is 3.54. The third-order valence-electron chi connectivity index (χ3n) is 3.54. The van der Waals surface area contributed by atoms with Crippen LogP contribution in [0.1, 0.15) is 6.92 Å². The summed E-state index contributed by atoms with van der Waals surface area (Å²) < 4.78 is 14.0. The highest BCUT2D eigenvalue weighted by Gasteiger charge is 2.31. The molecule has 2 atom stereocenters. The Morgan fingerprint density at radius 1 is 1.33 bits per heavy atom. The first-order chi connectivity index (χ1) is 8.63. The van der Waals surface area contributed by atoms with E-state index < -0.39 is 0 Å². The highest BCUT2D eigenvalue weighted by molar-refractivity contribution is 5.50. The molecule has 1 N–H and O–H groups in total. The van der Waals surface area contributed by atoms with Gasteiger partial charge >= 0.3 is 0 Å². The van der Waals surface area contributed by atoms with E-state index in [1.54, 1.807) is 6.07 Å². The van der Waals surface area contributed by atoms with Gasteiger partial charge in [0.15, 0.2) is 0 Å². The fourth-order valence-electron chi connectivity index (χ4n) is 2.91. The van der Waals surface area contributed by atoms with Crippen LogP contribution in [0, 0.1) is 5.82 Å². The lowest BCUT2D eigenvalue weighted by molar-refractivity contribution is 0.229. The molecule has 4 heteroatoms. The molecule has 1 aromatic rings. The van der Waals surface area contributed by atoms with Crippen LogP contribution in [0.2, 0.25) is 0 Å². The van der Waals surface area contributed by atoms with Gasteiger partial charge in [-0.1, -0.05) is 12.1 Å². The van der Waals surface area contributed by atoms with Crippen LogP contribution >= 0.6 is 0 Å². The van der Waals surface area contributed by atoms with Crippen LogP contribution < -0.4 is 10.2 Å². The highest BCUT2D eigenvalue weighted by atomic mass is 19.1. The molecule has 18 heavy (non-hydrogen) atoms. The van der Waals surface area contributed by atoms with Crippen molar-refractivity contribution in [1.29, 1.82) is 0 Å². The number of anilines is 1. The van der Waals surface area contributed by atoms with Crippen molar-refractivity contribution in [3.8, 4) is 0 Å². The second-order valence-electron chi connectivity index (χ2n) is 5.14. The van der Waals surface area contributed by atoms with E-state index in [4.69, 9.17) is 0 Å². The van der Waals surface area contributed by atoms with Gasteiger partial charge in [-0.25, -0.2) is 4.39 Å². The number of nitrogens with one attached hydrogen (secondary N) is 1. The molecule has 0 spiro atoms. The summed E-state index contributed by atoms with van der Waals surface area (Å²) in [7, 11) is 4.07. The van der Waals surface area contributed by atoms with E-state index >= 15 is 0 Å². The maximum absolute atomic E-state index is 14.0. The largest absolute Gasteiger partial charge is 0.360 e. The van der Waals surface area contributed by atoms with Gasteiger partial charge in [-0.05, 0) is 33.2 Å². The van der Waals surface area contributed by atoms with Crippen molar-refractivity contribution in [2.45, 2.75) is 19.0 Å². The molecular formula is C14H22FN3. The van der Waals surface area contributed by atoms with Gasteiger partial charge in [0.05, 0.1) is 11.7 Å². The third kappa shape index (κ3) is 2.65. The lowest BCUT2D eigenvalue weighted by Gasteiger charge is -2.46. The Kier molecular flexibility index (Phi) is 4.19. The molecule has 2 unspecified atom stereocenters. The smallest absolute Gasteiger partial charge is 0.146 e. The number of benzene rings is 1. The molecule has 0 aromatic heterocycles. The van der Waals surface area contributed by atoms with Crippen LogP contribution in [-0.4, -0.2) is 50.7 Å². The van der Waals surface area contributed by atoms with E-state index in [0.717, 1.165) is 25.3 Å². The molecule has 0 aliphatic carbocycles. The zero-order valence-electron chi connectivity index (χ0n) is 11.4. The number of hydrogen-bond acceptors (Lipinski definition) is 3. The summed E-state index contributed by atoms with van der Waals surface area (Å²) in [5.74, 6) is -0.130. The number of halogens is 1. The van der Waals surface area contributed by atoms with Crippen LogP contribution in [0.3, 0.4) is 0 Å². The molecule has 1 saturated heterocycles. The Hall–Kier alpha value is -1.13. The topological polar surface area (TPSA) is 18.5 Å². The zero-order valence-corrected chi connectivity index (χ0v) is 11.4. The first kappa shape index (κ1) is 13.3. The van der Waals surface area contributed by atoms with Crippen molar-refractivity contribution in [1.82, 2.24) is 10.2 Å². The minimum absolute atomic E-state index is 0.130. The minimum atomic E-state index is -0.130. The molecule has 1 heterocycles. The first-order valence-corrected chi connectivity index (χ1v) is 6.49. The van der Waals surface area contributed by atoms with Gasteiger partial charge in [0.1, 0.15) is 5.82 Å². The van der Waals surface area contributed by atoms with Crippen molar-refractivity contribution in [3.63, 3.8) is 0 Å². The van der Waals surface area contributed by atoms with Gasteiger partial charge in [-0.15, -0.1) is 0 Å². The maximum atomic E-state index is 14.0. The molecule has 1 aliphatic heterocycles. The van der Waals surface area contributed by atoms with Gasteiger partial charge in [0.25, 0.3) is 0 Å². The fraction of sp³-hybridized carbons (Fsp3) is 0.571. The minimum Gasteiger partial charge on any atom is -0.360 e. The van der Waals surface area contributed by atoms with Gasteiger partial charge in [-0.2, -0.15) is 0 Å². The number of piperazine rings is 1. The predicted molar refractivity (Wildman–Crippen MR) is 73.6 cm³/mol. The van der Waals surface area contributed by atoms with Gasteiger partial charge in [-0.3, -0.25) is 0 Å². The van der Waals surface area contributed by atoms with Crippen molar-refractivity contribution in [3.05, 3.63) is 30.1 Å². The Morgan fingerprint density at radius 3 is 2.72 bits per heavy atom. The number of rotatable bonds is 3. The van der Waals surface area contributed by atoms with E-state index in [1.165, 1.54) is 6.07 Å². The van der Waals surface area contributed by atoms with Crippen LogP contribution in [0.15, 0.2) is 24.3 Å². The Labute approximate surface area is 109 Å². The molecule has 1 fully saturated rings. The van der Waals surface area contributed by atoms with Crippen LogP contribution in [0.25, 0.3) is 0 Å². The van der Waals surface area contributed by atoms with Gasteiger partial charge in [0.2, 0.25) is 0 Å². The summed E-state index contributed by atoms with van der Waals surface area (Å²) >= 11 is 0. The number of hydrogen-bond donors (Lipinski definition) is 1. The van der Waals surface area contributed by atoms with Gasteiger partial charge in [0, 0.05) is 25.7 Å². The fourth-order valence-corrected chi connectivity index (χ4v) is 2.91. The standard InChI is InChI=1S/C14H22FN3/c1-11-9-17(3)10-12(8-16-2)18(11)14-7-5-4-6-13(14)15/h4-7,11-12,16H,8-10H2,1-3H3. The molecule has 0 amide bonds. The van der Waals surface area contributed by atoms with E-state index in [1.807, 2.05) is 19.2 Å².